The summed E-state index contributed by atoms with van der Waals surface area (Å²) in [7, 11) is 0. The van der Waals surface area contributed by atoms with Gasteiger partial charge in [-0.1, -0.05) is 18.2 Å². The van der Waals surface area contributed by atoms with E-state index >= 15 is 0 Å². The van der Waals surface area contributed by atoms with Gasteiger partial charge in [-0.3, -0.25) is 4.98 Å². The van der Waals surface area contributed by atoms with Gasteiger partial charge in [0, 0.05) is 11.8 Å². The van der Waals surface area contributed by atoms with Crippen molar-refractivity contribution in [1.29, 1.82) is 0 Å². The number of nitrogens with zero attached hydrogens (tertiary/aromatic N) is 1. The number of halogens is 1. The third kappa shape index (κ3) is 4.00. The fourth-order valence-corrected chi connectivity index (χ4v) is 1.88. The second-order valence-electron chi connectivity index (χ2n) is 4.54. The monoisotopic (exact) mass is 315 g/mol. The molecular formula is C17H14FNO4. The molecule has 1 aromatic carbocycles. The van der Waals surface area contributed by atoms with Crippen molar-refractivity contribution in [2.75, 3.05) is 6.61 Å². The number of carbonyl (C=O) groups is 2. The summed E-state index contributed by atoms with van der Waals surface area (Å²) in [6.45, 7) is 1.82. The fourth-order valence-electron chi connectivity index (χ4n) is 1.88. The van der Waals surface area contributed by atoms with E-state index in [0.29, 0.717) is 5.56 Å². The SMILES string of the molecule is CCOC(=O)c1cnc(/C=C/c2ccccc2F)c(C(=O)O)c1. The van der Waals surface area contributed by atoms with Crippen molar-refractivity contribution in [3.8, 4) is 0 Å². The van der Waals surface area contributed by atoms with Crippen LogP contribution in [0, 0.1) is 5.82 Å². The molecule has 118 valence electrons. The molecule has 0 spiro atoms. The number of carboxylic acid groups (broad SMARTS) is 1. The van der Waals surface area contributed by atoms with E-state index in [1.807, 2.05) is 0 Å². The molecule has 0 bridgehead atoms. The minimum Gasteiger partial charge on any atom is -0.478 e. The van der Waals surface area contributed by atoms with Crippen molar-refractivity contribution >= 4 is 24.1 Å². The van der Waals surface area contributed by atoms with Gasteiger partial charge in [0.05, 0.1) is 23.4 Å². The van der Waals surface area contributed by atoms with Gasteiger partial charge in [-0.25, -0.2) is 14.0 Å². The molecule has 23 heavy (non-hydrogen) atoms. The summed E-state index contributed by atoms with van der Waals surface area (Å²) < 4.78 is 18.4. The number of hydrogen-bond acceptors (Lipinski definition) is 4. The van der Waals surface area contributed by atoms with Crippen LogP contribution in [0.5, 0.6) is 0 Å². The lowest BCUT2D eigenvalue weighted by Gasteiger charge is -2.05. The van der Waals surface area contributed by atoms with Gasteiger partial charge >= 0.3 is 11.9 Å². The summed E-state index contributed by atoms with van der Waals surface area (Å²) in [5.41, 5.74) is 0.310. The van der Waals surface area contributed by atoms with Crippen molar-refractivity contribution < 1.29 is 23.8 Å². The number of hydrogen-bond donors (Lipinski definition) is 1. The summed E-state index contributed by atoms with van der Waals surface area (Å²) >= 11 is 0. The van der Waals surface area contributed by atoms with Gasteiger partial charge in [0.15, 0.2) is 0 Å². The number of carboxylic acids is 1. The first kappa shape index (κ1) is 16.4. The molecule has 0 saturated carbocycles. The van der Waals surface area contributed by atoms with E-state index < -0.39 is 17.8 Å². The van der Waals surface area contributed by atoms with Gasteiger partial charge in [0.2, 0.25) is 0 Å². The molecule has 2 rings (SSSR count). The second kappa shape index (κ2) is 7.31. The van der Waals surface area contributed by atoms with Crippen molar-refractivity contribution in [2.45, 2.75) is 6.92 Å². The molecular weight excluding hydrogens is 301 g/mol. The number of rotatable bonds is 5. The van der Waals surface area contributed by atoms with Gasteiger partial charge in [-0.2, -0.15) is 0 Å². The lowest BCUT2D eigenvalue weighted by Crippen LogP contribution is -2.09. The maximum Gasteiger partial charge on any atom is 0.339 e. The number of aromatic nitrogens is 1. The normalized spacial score (nSPS) is 10.7. The number of pyridine rings is 1. The molecule has 0 radical (unpaired) electrons. The first-order valence-electron chi connectivity index (χ1n) is 6.86. The average molecular weight is 315 g/mol. The van der Waals surface area contributed by atoms with Crippen LogP contribution in [0.4, 0.5) is 4.39 Å². The molecule has 0 atom stereocenters. The number of aromatic carboxylic acids is 1. The van der Waals surface area contributed by atoms with Crippen molar-refractivity contribution in [1.82, 2.24) is 4.98 Å². The highest BCUT2D eigenvalue weighted by molar-refractivity contribution is 5.97. The minimum atomic E-state index is -1.24. The Morgan fingerprint density at radius 1 is 1.30 bits per heavy atom. The molecule has 0 amide bonds. The molecule has 0 saturated heterocycles. The molecule has 2 aromatic rings. The Morgan fingerprint density at radius 2 is 2.04 bits per heavy atom. The predicted octanol–water partition coefficient (Wildman–Crippen LogP) is 3.27. The quantitative estimate of drug-likeness (QED) is 0.857. The first-order valence-corrected chi connectivity index (χ1v) is 6.86. The van der Waals surface area contributed by atoms with Crippen LogP contribution in [-0.4, -0.2) is 28.6 Å². The molecule has 0 aliphatic rings. The van der Waals surface area contributed by atoms with Gasteiger partial charge < -0.3 is 9.84 Å². The highest BCUT2D eigenvalue weighted by atomic mass is 19.1. The van der Waals surface area contributed by atoms with Crippen LogP contribution in [-0.2, 0) is 4.74 Å². The van der Waals surface area contributed by atoms with Crippen LogP contribution in [0.15, 0.2) is 36.5 Å². The smallest absolute Gasteiger partial charge is 0.339 e. The summed E-state index contributed by atoms with van der Waals surface area (Å²) in [5, 5.41) is 9.25. The standard InChI is InChI=1S/C17H14FNO4/c1-2-23-17(22)12-9-13(16(20)21)15(19-10-12)8-7-11-5-3-4-6-14(11)18/h3-10H,2H2,1H3,(H,20,21)/b8-7+. The minimum absolute atomic E-state index is 0.0484. The molecule has 1 N–H and O–H groups in total. The Hall–Kier alpha value is -3.02. The third-order valence-corrected chi connectivity index (χ3v) is 2.99. The van der Waals surface area contributed by atoms with Crippen molar-refractivity contribution in [3.63, 3.8) is 0 Å². The number of ether oxygens (including phenoxy) is 1. The van der Waals surface area contributed by atoms with E-state index in [0.717, 1.165) is 0 Å². The van der Waals surface area contributed by atoms with E-state index in [4.69, 9.17) is 4.74 Å². The third-order valence-electron chi connectivity index (χ3n) is 2.99. The molecule has 0 fully saturated rings. The van der Waals surface area contributed by atoms with E-state index in [1.165, 1.54) is 30.5 Å². The van der Waals surface area contributed by atoms with Gasteiger partial charge in [-0.15, -0.1) is 0 Å². The van der Waals surface area contributed by atoms with Crippen molar-refractivity contribution in [2.24, 2.45) is 0 Å². The van der Waals surface area contributed by atoms with Gasteiger partial charge in [0.25, 0.3) is 0 Å². The lowest BCUT2D eigenvalue weighted by atomic mass is 10.1. The average Bonchev–Trinajstić information content (AvgIpc) is 2.54. The Labute approximate surface area is 132 Å². The summed E-state index contributed by atoms with van der Waals surface area (Å²) in [6.07, 6.45) is 4.04. The fraction of sp³-hybridized carbons (Fsp3) is 0.118. The Balaban J connectivity index is 2.37. The number of benzene rings is 1. The molecule has 6 heteroatoms. The molecule has 1 aromatic heterocycles. The molecule has 0 aliphatic heterocycles. The molecule has 1 heterocycles. The Bertz CT molecular complexity index is 771. The highest BCUT2D eigenvalue weighted by Gasteiger charge is 2.15. The van der Waals surface area contributed by atoms with Gasteiger partial charge in [-0.05, 0) is 31.2 Å². The zero-order valence-corrected chi connectivity index (χ0v) is 12.3. The largest absolute Gasteiger partial charge is 0.478 e. The maximum absolute atomic E-state index is 13.6. The summed E-state index contributed by atoms with van der Waals surface area (Å²) in [6, 6.07) is 7.27. The zero-order chi connectivity index (χ0) is 16.8. The second-order valence-corrected chi connectivity index (χ2v) is 4.54. The van der Waals surface area contributed by atoms with E-state index in [-0.39, 0.29) is 23.4 Å². The Morgan fingerprint density at radius 3 is 2.70 bits per heavy atom. The summed E-state index contributed by atoms with van der Waals surface area (Å²) in [5.74, 6) is -2.31. The first-order chi connectivity index (χ1) is 11.0. The van der Waals surface area contributed by atoms with Crippen LogP contribution in [0.25, 0.3) is 12.2 Å². The van der Waals surface area contributed by atoms with E-state index in [1.54, 1.807) is 25.1 Å². The highest BCUT2D eigenvalue weighted by Crippen LogP contribution is 2.15. The van der Waals surface area contributed by atoms with Gasteiger partial charge in [0.1, 0.15) is 5.82 Å². The van der Waals surface area contributed by atoms with E-state index in [9.17, 15) is 19.1 Å². The number of carbonyl (C=O) groups excluding carboxylic acids is 1. The predicted molar refractivity (Wildman–Crippen MR) is 82.5 cm³/mol. The molecule has 0 aliphatic carbocycles. The summed E-state index contributed by atoms with van der Waals surface area (Å²) in [4.78, 5) is 26.9. The van der Waals surface area contributed by atoms with Crippen molar-refractivity contribution in [3.05, 3.63) is 64.7 Å². The van der Waals surface area contributed by atoms with Crippen LogP contribution in [0.1, 0.15) is 38.9 Å². The Kier molecular flexibility index (Phi) is 5.19. The topological polar surface area (TPSA) is 76.5 Å². The number of esters is 1. The maximum atomic E-state index is 13.6. The van der Waals surface area contributed by atoms with Crippen LogP contribution in [0.3, 0.4) is 0 Å². The molecule has 0 unspecified atom stereocenters. The van der Waals surface area contributed by atoms with E-state index in [2.05, 4.69) is 4.98 Å². The lowest BCUT2D eigenvalue weighted by molar-refractivity contribution is 0.0526. The van der Waals surface area contributed by atoms with Crippen LogP contribution >= 0.6 is 0 Å². The van der Waals surface area contributed by atoms with Crippen LogP contribution in [0.2, 0.25) is 0 Å². The zero-order valence-electron chi connectivity index (χ0n) is 12.3. The molecule has 5 nitrogen and oxygen atoms in total. The van der Waals surface area contributed by atoms with Crippen LogP contribution < -0.4 is 0 Å².